The summed E-state index contributed by atoms with van der Waals surface area (Å²) in [5.74, 6) is 0.285. The molecular weight excluding hydrogens is 352 g/mol. The number of hydrogen-bond donors (Lipinski definition) is 0. The van der Waals surface area contributed by atoms with Gasteiger partial charge in [-0.25, -0.2) is 9.67 Å². The van der Waals surface area contributed by atoms with Crippen LogP contribution in [0.5, 0.6) is 0 Å². The van der Waals surface area contributed by atoms with Gasteiger partial charge in [0, 0.05) is 19.0 Å². The normalized spacial score (nSPS) is 17.0. The quantitative estimate of drug-likeness (QED) is 0.664. The highest BCUT2D eigenvalue weighted by atomic mass is 16.5. The maximum atomic E-state index is 12.6. The molecule has 1 atom stereocenters. The number of benzene rings is 2. The lowest BCUT2D eigenvalue weighted by Crippen LogP contribution is -2.47. The molecular formula is C22H24N4O2. The predicted octanol–water partition coefficient (Wildman–Crippen LogP) is 2.73. The molecule has 1 aliphatic heterocycles. The fourth-order valence-electron chi connectivity index (χ4n) is 3.74. The topological polar surface area (TPSA) is 60.2 Å². The molecule has 3 aromatic rings. The van der Waals surface area contributed by atoms with Crippen molar-refractivity contribution in [2.45, 2.75) is 25.0 Å². The average molecular weight is 376 g/mol. The Labute approximate surface area is 164 Å². The van der Waals surface area contributed by atoms with E-state index in [-0.39, 0.29) is 24.5 Å². The van der Waals surface area contributed by atoms with Gasteiger partial charge in [0.2, 0.25) is 5.91 Å². The van der Waals surface area contributed by atoms with Gasteiger partial charge in [-0.3, -0.25) is 4.79 Å². The number of rotatable bonds is 6. The number of hydrogen-bond acceptors (Lipinski definition) is 4. The lowest BCUT2D eigenvalue weighted by molar-refractivity contribution is -0.139. The van der Waals surface area contributed by atoms with E-state index >= 15 is 0 Å². The summed E-state index contributed by atoms with van der Waals surface area (Å²) in [6.45, 7) is 1.99. The second-order valence-electron chi connectivity index (χ2n) is 7.04. The van der Waals surface area contributed by atoms with E-state index in [0.29, 0.717) is 19.7 Å². The summed E-state index contributed by atoms with van der Waals surface area (Å²) in [4.78, 5) is 18.4. The monoisotopic (exact) mass is 376 g/mol. The molecule has 1 aromatic heterocycles. The van der Waals surface area contributed by atoms with E-state index in [1.165, 1.54) is 17.5 Å². The van der Waals surface area contributed by atoms with Crippen molar-refractivity contribution >= 4 is 5.91 Å². The van der Waals surface area contributed by atoms with Crippen molar-refractivity contribution < 1.29 is 9.53 Å². The van der Waals surface area contributed by atoms with E-state index in [9.17, 15) is 4.79 Å². The Morgan fingerprint density at radius 1 is 1.07 bits per heavy atom. The molecule has 2 heterocycles. The summed E-state index contributed by atoms with van der Waals surface area (Å²) in [6.07, 6.45) is 3.84. The summed E-state index contributed by atoms with van der Waals surface area (Å²) in [6, 6.07) is 21.0. The second kappa shape index (κ2) is 8.80. The molecule has 6 nitrogen and oxygen atoms in total. The van der Waals surface area contributed by atoms with Crippen molar-refractivity contribution in [3.05, 3.63) is 84.4 Å². The highest BCUT2D eigenvalue weighted by Gasteiger charge is 2.28. The number of nitrogens with zero attached hydrogens (tertiary/aromatic N) is 4. The Balaban J connectivity index is 1.46. The molecule has 1 fully saturated rings. The van der Waals surface area contributed by atoms with Gasteiger partial charge >= 0.3 is 0 Å². The van der Waals surface area contributed by atoms with E-state index in [1.807, 2.05) is 17.0 Å². The maximum Gasteiger partial charge on any atom is 0.244 e. The number of carbonyl (C=O) groups is 1. The number of ether oxygens (including phenoxy) is 1. The van der Waals surface area contributed by atoms with E-state index < -0.39 is 0 Å². The molecule has 0 bridgehead atoms. The standard InChI is InChI=1S/C22H24N4O2/c27-22(15-26-17-23-16-24-26)25-11-12-28-20(14-25)13-21(18-7-3-1-4-8-18)19-9-5-2-6-10-19/h1-10,16-17,20-21H,11-15H2/t20-/m0/s1. The largest absolute Gasteiger partial charge is 0.375 e. The number of aromatic nitrogens is 3. The van der Waals surface area contributed by atoms with Crippen LogP contribution in [0.3, 0.4) is 0 Å². The first-order valence-corrected chi connectivity index (χ1v) is 9.61. The predicted molar refractivity (Wildman–Crippen MR) is 106 cm³/mol. The van der Waals surface area contributed by atoms with E-state index in [4.69, 9.17) is 4.74 Å². The van der Waals surface area contributed by atoms with Gasteiger partial charge in [0.05, 0.1) is 12.7 Å². The Morgan fingerprint density at radius 3 is 2.36 bits per heavy atom. The van der Waals surface area contributed by atoms with Crippen molar-refractivity contribution in [1.29, 1.82) is 0 Å². The first-order valence-electron chi connectivity index (χ1n) is 9.61. The van der Waals surface area contributed by atoms with Gasteiger partial charge in [0.25, 0.3) is 0 Å². The van der Waals surface area contributed by atoms with Gasteiger partial charge in [-0.2, -0.15) is 5.10 Å². The van der Waals surface area contributed by atoms with E-state index in [1.54, 1.807) is 11.0 Å². The molecule has 0 unspecified atom stereocenters. The van der Waals surface area contributed by atoms with Crippen LogP contribution in [0.15, 0.2) is 73.3 Å². The average Bonchev–Trinajstić information content (AvgIpc) is 3.26. The van der Waals surface area contributed by atoms with Crippen LogP contribution in [0.4, 0.5) is 0 Å². The lowest BCUT2D eigenvalue weighted by Gasteiger charge is -2.35. The van der Waals surface area contributed by atoms with E-state index in [0.717, 1.165) is 6.42 Å². The Bertz CT molecular complexity index is 829. The van der Waals surface area contributed by atoms with Crippen molar-refractivity contribution in [3.63, 3.8) is 0 Å². The number of morpholine rings is 1. The Hall–Kier alpha value is -2.99. The van der Waals surface area contributed by atoms with Crippen molar-refractivity contribution in [2.24, 2.45) is 0 Å². The molecule has 0 N–H and O–H groups in total. The maximum absolute atomic E-state index is 12.6. The zero-order valence-electron chi connectivity index (χ0n) is 15.7. The molecule has 1 aliphatic rings. The molecule has 4 rings (SSSR count). The van der Waals surface area contributed by atoms with Crippen LogP contribution >= 0.6 is 0 Å². The molecule has 0 radical (unpaired) electrons. The zero-order valence-corrected chi connectivity index (χ0v) is 15.7. The van der Waals surface area contributed by atoms with Crippen molar-refractivity contribution in [2.75, 3.05) is 19.7 Å². The molecule has 1 saturated heterocycles. The molecule has 2 aromatic carbocycles. The van der Waals surface area contributed by atoms with Gasteiger partial charge in [-0.05, 0) is 17.5 Å². The third-order valence-electron chi connectivity index (χ3n) is 5.16. The minimum Gasteiger partial charge on any atom is -0.375 e. The SMILES string of the molecule is O=C(Cn1cncn1)N1CCO[C@@H](CC(c2ccccc2)c2ccccc2)C1. The molecule has 0 aliphatic carbocycles. The van der Waals surface area contributed by atoms with Crippen LogP contribution in [-0.4, -0.2) is 51.4 Å². The van der Waals surface area contributed by atoms with E-state index in [2.05, 4.69) is 58.6 Å². The van der Waals surface area contributed by atoms with Crippen LogP contribution < -0.4 is 0 Å². The summed E-state index contributed by atoms with van der Waals surface area (Å²) in [5, 5.41) is 4.02. The molecule has 6 heteroatoms. The molecule has 1 amide bonds. The van der Waals surface area contributed by atoms with Gasteiger partial charge in [-0.1, -0.05) is 60.7 Å². The summed E-state index contributed by atoms with van der Waals surface area (Å²) in [5.41, 5.74) is 2.53. The minimum absolute atomic E-state index is 0.00106. The van der Waals surface area contributed by atoms with Gasteiger partial charge in [-0.15, -0.1) is 0 Å². The fraction of sp³-hybridized carbons (Fsp3) is 0.318. The highest BCUT2D eigenvalue weighted by molar-refractivity contribution is 5.76. The van der Waals surface area contributed by atoms with Crippen molar-refractivity contribution in [1.82, 2.24) is 19.7 Å². The first kappa shape index (κ1) is 18.4. The number of carbonyl (C=O) groups excluding carboxylic acids is 1. The third-order valence-corrected chi connectivity index (χ3v) is 5.16. The lowest BCUT2D eigenvalue weighted by atomic mass is 9.86. The van der Waals surface area contributed by atoms with Gasteiger partial charge in [0.15, 0.2) is 0 Å². The second-order valence-corrected chi connectivity index (χ2v) is 7.04. The van der Waals surface area contributed by atoms with Crippen LogP contribution in [0, 0.1) is 0 Å². The Kier molecular flexibility index (Phi) is 5.77. The smallest absolute Gasteiger partial charge is 0.244 e. The third kappa shape index (κ3) is 4.46. The minimum atomic E-state index is -0.00106. The summed E-state index contributed by atoms with van der Waals surface area (Å²) in [7, 11) is 0. The summed E-state index contributed by atoms with van der Waals surface area (Å²) < 4.78 is 7.60. The Morgan fingerprint density at radius 2 is 1.75 bits per heavy atom. The van der Waals surface area contributed by atoms with Crippen LogP contribution in [-0.2, 0) is 16.1 Å². The molecule has 144 valence electrons. The first-order chi connectivity index (χ1) is 13.8. The van der Waals surface area contributed by atoms with Gasteiger partial charge in [0.1, 0.15) is 19.2 Å². The molecule has 28 heavy (non-hydrogen) atoms. The van der Waals surface area contributed by atoms with Crippen LogP contribution in [0.25, 0.3) is 0 Å². The molecule has 0 spiro atoms. The summed E-state index contributed by atoms with van der Waals surface area (Å²) >= 11 is 0. The highest BCUT2D eigenvalue weighted by Crippen LogP contribution is 2.30. The van der Waals surface area contributed by atoms with Crippen molar-refractivity contribution in [3.8, 4) is 0 Å². The zero-order chi connectivity index (χ0) is 19.2. The fourth-order valence-corrected chi connectivity index (χ4v) is 3.74. The van der Waals surface area contributed by atoms with Gasteiger partial charge < -0.3 is 9.64 Å². The van der Waals surface area contributed by atoms with Crippen LogP contribution in [0.2, 0.25) is 0 Å². The van der Waals surface area contributed by atoms with Crippen LogP contribution in [0.1, 0.15) is 23.5 Å². The number of amides is 1. The molecule has 0 saturated carbocycles.